The highest BCUT2D eigenvalue weighted by Crippen LogP contribution is 2.26. The second-order valence-corrected chi connectivity index (χ2v) is 2.60. The summed E-state index contributed by atoms with van der Waals surface area (Å²) in [6.07, 6.45) is 0. The minimum absolute atomic E-state index is 0.269. The lowest BCUT2D eigenvalue weighted by molar-refractivity contribution is 0.385. The first-order valence-electron chi connectivity index (χ1n) is 3.65. The maximum Gasteiger partial charge on any atom is 0.165 e. The molecule has 0 aliphatic rings. The fourth-order valence-corrected chi connectivity index (χ4v) is 1.05. The maximum absolute atomic E-state index is 13.0. The van der Waals surface area contributed by atoms with Gasteiger partial charge in [0.2, 0.25) is 0 Å². The Balaban J connectivity index is 3.27. The zero-order valence-corrected chi connectivity index (χ0v) is 7.23. The van der Waals surface area contributed by atoms with E-state index in [-0.39, 0.29) is 11.6 Å². The normalized spacial score (nSPS) is 9.58. The number of benzene rings is 1. The highest BCUT2D eigenvalue weighted by atomic mass is 19.1. The Morgan fingerprint density at radius 3 is 2.58 bits per heavy atom. The van der Waals surface area contributed by atoms with Crippen molar-refractivity contribution in [3.05, 3.63) is 36.2 Å². The first-order valence-corrected chi connectivity index (χ1v) is 3.65. The van der Waals surface area contributed by atoms with Crippen LogP contribution < -0.4 is 4.74 Å². The van der Waals surface area contributed by atoms with Crippen LogP contribution in [0, 0.1) is 5.82 Å². The van der Waals surface area contributed by atoms with Crippen LogP contribution in [-0.2, 0) is 0 Å². The average Bonchev–Trinajstić information content (AvgIpc) is 2.03. The molecule has 0 unspecified atom stereocenters. The molecule has 0 aromatic heterocycles. The van der Waals surface area contributed by atoms with Crippen LogP contribution in [0.15, 0.2) is 24.8 Å². The molecule has 0 fully saturated rings. The predicted octanol–water partition coefficient (Wildman–Crippen LogP) is 2.87. The van der Waals surface area contributed by atoms with E-state index in [0.717, 1.165) is 11.1 Å². The van der Waals surface area contributed by atoms with Crippen LogP contribution in [0.2, 0.25) is 0 Å². The molecule has 0 spiro atoms. The van der Waals surface area contributed by atoms with E-state index in [1.807, 2.05) is 6.92 Å². The molecule has 0 N–H and O–H groups in total. The highest BCUT2D eigenvalue weighted by molar-refractivity contribution is 5.67. The SMILES string of the molecule is C=C(C)c1cccc(F)c1OC. The Kier molecular flexibility index (Phi) is 2.48. The summed E-state index contributed by atoms with van der Waals surface area (Å²) in [5.74, 6) is -0.0806. The minimum atomic E-state index is -0.349. The van der Waals surface area contributed by atoms with Crippen LogP contribution in [0.3, 0.4) is 0 Å². The largest absolute Gasteiger partial charge is 0.493 e. The monoisotopic (exact) mass is 166 g/mol. The van der Waals surface area contributed by atoms with E-state index in [2.05, 4.69) is 6.58 Å². The van der Waals surface area contributed by atoms with E-state index in [9.17, 15) is 4.39 Å². The smallest absolute Gasteiger partial charge is 0.165 e. The number of hydrogen-bond acceptors (Lipinski definition) is 1. The van der Waals surface area contributed by atoms with Crippen LogP contribution >= 0.6 is 0 Å². The Morgan fingerprint density at radius 2 is 2.17 bits per heavy atom. The molecule has 0 heterocycles. The lowest BCUT2D eigenvalue weighted by Gasteiger charge is -2.07. The lowest BCUT2D eigenvalue weighted by atomic mass is 10.1. The van der Waals surface area contributed by atoms with Crippen molar-refractivity contribution in [1.82, 2.24) is 0 Å². The van der Waals surface area contributed by atoms with Crippen molar-refractivity contribution in [3.8, 4) is 5.75 Å². The zero-order chi connectivity index (χ0) is 9.14. The van der Waals surface area contributed by atoms with Crippen LogP contribution in [0.1, 0.15) is 12.5 Å². The van der Waals surface area contributed by atoms with Gasteiger partial charge in [0.1, 0.15) is 0 Å². The number of allylic oxidation sites excluding steroid dienone is 1. The molecule has 0 bridgehead atoms. The van der Waals surface area contributed by atoms with Gasteiger partial charge >= 0.3 is 0 Å². The maximum atomic E-state index is 13.0. The van der Waals surface area contributed by atoms with Gasteiger partial charge < -0.3 is 4.74 Å². The quantitative estimate of drug-likeness (QED) is 0.656. The van der Waals surface area contributed by atoms with E-state index in [1.54, 1.807) is 12.1 Å². The fourth-order valence-electron chi connectivity index (χ4n) is 1.05. The summed E-state index contributed by atoms with van der Waals surface area (Å²) in [4.78, 5) is 0. The van der Waals surface area contributed by atoms with E-state index in [0.29, 0.717) is 0 Å². The molecule has 0 atom stereocenters. The third-order valence-electron chi connectivity index (χ3n) is 1.63. The van der Waals surface area contributed by atoms with E-state index in [4.69, 9.17) is 4.74 Å². The Bertz CT molecular complexity index is 305. The van der Waals surface area contributed by atoms with Crippen molar-refractivity contribution in [2.75, 3.05) is 7.11 Å². The first kappa shape index (κ1) is 8.78. The summed E-state index contributed by atoms with van der Waals surface area (Å²) in [5.41, 5.74) is 1.52. The van der Waals surface area contributed by atoms with Gasteiger partial charge in [0.25, 0.3) is 0 Å². The van der Waals surface area contributed by atoms with Gasteiger partial charge in [-0.2, -0.15) is 0 Å². The number of rotatable bonds is 2. The molecular formula is C10H11FO. The fraction of sp³-hybridized carbons (Fsp3) is 0.200. The van der Waals surface area contributed by atoms with E-state index < -0.39 is 0 Å². The minimum Gasteiger partial charge on any atom is -0.493 e. The van der Waals surface area contributed by atoms with Crippen molar-refractivity contribution < 1.29 is 9.13 Å². The van der Waals surface area contributed by atoms with Gasteiger partial charge in [-0.25, -0.2) is 4.39 Å². The molecule has 0 saturated carbocycles. The molecule has 0 aliphatic heterocycles. The van der Waals surface area contributed by atoms with Gasteiger partial charge in [-0.15, -0.1) is 0 Å². The molecule has 1 nitrogen and oxygen atoms in total. The average molecular weight is 166 g/mol. The molecule has 1 aromatic carbocycles. The van der Waals surface area contributed by atoms with Crippen LogP contribution in [0.4, 0.5) is 4.39 Å². The van der Waals surface area contributed by atoms with Crippen molar-refractivity contribution in [2.45, 2.75) is 6.92 Å². The molecule has 0 saturated heterocycles. The van der Waals surface area contributed by atoms with Gasteiger partial charge in [-0.05, 0) is 18.6 Å². The third-order valence-corrected chi connectivity index (χ3v) is 1.63. The van der Waals surface area contributed by atoms with Gasteiger partial charge in [0, 0.05) is 5.56 Å². The van der Waals surface area contributed by atoms with Crippen molar-refractivity contribution in [2.24, 2.45) is 0 Å². The summed E-state index contributed by atoms with van der Waals surface area (Å²) in [6, 6.07) is 4.79. The molecule has 0 amide bonds. The number of para-hydroxylation sites is 1. The van der Waals surface area contributed by atoms with E-state index in [1.165, 1.54) is 13.2 Å². The second-order valence-electron chi connectivity index (χ2n) is 2.60. The van der Waals surface area contributed by atoms with Gasteiger partial charge in [0.05, 0.1) is 7.11 Å². The molecule has 1 aromatic rings. The summed E-state index contributed by atoms with van der Waals surface area (Å²) >= 11 is 0. The predicted molar refractivity (Wildman–Crippen MR) is 47.7 cm³/mol. The van der Waals surface area contributed by atoms with Crippen molar-refractivity contribution >= 4 is 5.57 Å². The summed E-state index contributed by atoms with van der Waals surface area (Å²) in [7, 11) is 1.45. The van der Waals surface area contributed by atoms with Crippen LogP contribution in [-0.4, -0.2) is 7.11 Å². The Morgan fingerprint density at radius 1 is 1.50 bits per heavy atom. The third kappa shape index (κ3) is 1.47. The summed E-state index contributed by atoms with van der Waals surface area (Å²) in [5, 5.41) is 0. The molecule has 64 valence electrons. The summed E-state index contributed by atoms with van der Waals surface area (Å²) < 4.78 is 17.9. The van der Waals surface area contributed by atoms with Gasteiger partial charge in [0.15, 0.2) is 11.6 Å². The van der Waals surface area contributed by atoms with Gasteiger partial charge in [-0.3, -0.25) is 0 Å². The number of hydrogen-bond donors (Lipinski definition) is 0. The summed E-state index contributed by atoms with van der Waals surface area (Å²) in [6.45, 7) is 5.55. The standard InChI is InChI=1S/C10H11FO/c1-7(2)8-5-4-6-9(11)10(8)12-3/h4-6H,1H2,2-3H3. The topological polar surface area (TPSA) is 9.23 Å². The lowest BCUT2D eigenvalue weighted by Crippen LogP contribution is -1.92. The number of methoxy groups -OCH3 is 1. The van der Waals surface area contributed by atoms with Crippen LogP contribution in [0.5, 0.6) is 5.75 Å². The first-order chi connectivity index (χ1) is 5.66. The van der Waals surface area contributed by atoms with E-state index >= 15 is 0 Å². The molecular weight excluding hydrogens is 155 g/mol. The molecule has 0 radical (unpaired) electrons. The van der Waals surface area contributed by atoms with Gasteiger partial charge in [-0.1, -0.05) is 18.7 Å². The molecule has 0 aliphatic carbocycles. The Labute approximate surface area is 71.5 Å². The zero-order valence-electron chi connectivity index (χ0n) is 7.23. The van der Waals surface area contributed by atoms with Crippen molar-refractivity contribution in [3.63, 3.8) is 0 Å². The molecule has 12 heavy (non-hydrogen) atoms. The Hall–Kier alpha value is -1.31. The number of ether oxygens (including phenoxy) is 1. The van der Waals surface area contributed by atoms with Crippen LogP contribution in [0.25, 0.3) is 5.57 Å². The number of halogens is 1. The van der Waals surface area contributed by atoms with Crippen molar-refractivity contribution in [1.29, 1.82) is 0 Å². The highest BCUT2D eigenvalue weighted by Gasteiger charge is 2.07. The molecule has 2 heteroatoms. The molecule has 1 rings (SSSR count). The second kappa shape index (κ2) is 3.39.